The summed E-state index contributed by atoms with van der Waals surface area (Å²) in [6.07, 6.45) is 0.772. The van der Waals surface area contributed by atoms with Crippen molar-refractivity contribution < 1.29 is 4.79 Å². The third-order valence-electron chi connectivity index (χ3n) is 2.22. The van der Waals surface area contributed by atoms with Crippen LogP contribution in [-0.4, -0.2) is 12.3 Å². The highest BCUT2D eigenvalue weighted by Crippen LogP contribution is 2.14. The van der Waals surface area contributed by atoms with Crippen molar-refractivity contribution >= 4 is 5.78 Å². The van der Waals surface area contributed by atoms with E-state index in [1.807, 2.05) is 38.1 Å². The van der Waals surface area contributed by atoms with Crippen LogP contribution in [0, 0.1) is 5.92 Å². The van der Waals surface area contributed by atoms with Crippen LogP contribution in [0.25, 0.3) is 0 Å². The molecule has 1 aromatic rings. The summed E-state index contributed by atoms with van der Waals surface area (Å²) in [4.78, 5) is 11.8. The van der Waals surface area contributed by atoms with Gasteiger partial charge in [0.1, 0.15) is 0 Å². The van der Waals surface area contributed by atoms with Crippen molar-refractivity contribution in [2.45, 2.75) is 20.3 Å². The molecule has 0 unspecified atom stereocenters. The van der Waals surface area contributed by atoms with Crippen LogP contribution in [-0.2, 0) is 6.42 Å². The van der Waals surface area contributed by atoms with Crippen molar-refractivity contribution in [1.29, 1.82) is 0 Å². The van der Waals surface area contributed by atoms with Gasteiger partial charge in [-0.1, -0.05) is 38.1 Å². The fourth-order valence-corrected chi connectivity index (χ4v) is 1.45. The first-order valence-corrected chi connectivity index (χ1v) is 4.99. The average molecular weight is 191 g/mol. The maximum absolute atomic E-state index is 11.8. The van der Waals surface area contributed by atoms with E-state index in [0.717, 1.165) is 17.5 Å². The number of ketones is 1. The van der Waals surface area contributed by atoms with E-state index in [4.69, 9.17) is 5.73 Å². The SMILES string of the molecule is CC(C)C(=O)c1ccccc1CCN. The van der Waals surface area contributed by atoms with Crippen LogP contribution in [0.2, 0.25) is 0 Å². The first-order chi connectivity index (χ1) is 6.66. The molecule has 76 valence electrons. The van der Waals surface area contributed by atoms with Crippen molar-refractivity contribution in [1.82, 2.24) is 0 Å². The summed E-state index contributed by atoms with van der Waals surface area (Å²) in [6, 6.07) is 7.70. The summed E-state index contributed by atoms with van der Waals surface area (Å²) in [7, 11) is 0. The van der Waals surface area contributed by atoms with Crippen LogP contribution in [0.3, 0.4) is 0 Å². The lowest BCUT2D eigenvalue weighted by atomic mass is 9.95. The lowest BCUT2D eigenvalue weighted by Crippen LogP contribution is -2.12. The average Bonchev–Trinajstić information content (AvgIpc) is 2.18. The molecule has 14 heavy (non-hydrogen) atoms. The summed E-state index contributed by atoms with van der Waals surface area (Å²) in [5, 5.41) is 0. The number of hydrogen-bond acceptors (Lipinski definition) is 2. The van der Waals surface area contributed by atoms with Gasteiger partial charge in [0.25, 0.3) is 0 Å². The number of rotatable bonds is 4. The maximum Gasteiger partial charge on any atom is 0.165 e. The minimum Gasteiger partial charge on any atom is -0.330 e. The van der Waals surface area contributed by atoms with Crippen LogP contribution < -0.4 is 5.73 Å². The van der Waals surface area contributed by atoms with Crippen LogP contribution in [0.4, 0.5) is 0 Å². The topological polar surface area (TPSA) is 43.1 Å². The molecule has 0 heterocycles. The van der Waals surface area contributed by atoms with Gasteiger partial charge in [0.2, 0.25) is 0 Å². The Bertz CT molecular complexity index is 318. The molecule has 0 bridgehead atoms. The van der Waals surface area contributed by atoms with Crippen molar-refractivity contribution in [2.24, 2.45) is 11.7 Å². The zero-order chi connectivity index (χ0) is 10.6. The Balaban J connectivity index is 3.00. The fraction of sp³-hybridized carbons (Fsp3) is 0.417. The monoisotopic (exact) mass is 191 g/mol. The quantitative estimate of drug-likeness (QED) is 0.740. The zero-order valence-electron chi connectivity index (χ0n) is 8.79. The van der Waals surface area contributed by atoms with E-state index in [1.165, 1.54) is 0 Å². The molecule has 0 aliphatic rings. The molecule has 0 amide bonds. The molecule has 2 nitrogen and oxygen atoms in total. The Kier molecular flexibility index (Phi) is 3.84. The number of Topliss-reactive ketones (excluding diaryl/α,β-unsaturated/α-hetero) is 1. The second kappa shape index (κ2) is 4.91. The van der Waals surface area contributed by atoms with E-state index in [-0.39, 0.29) is 11.7 Å². The fourth-order valence-electron chi connectivity index (χ4n) is 1.45. The number of benzene rings is 1. The Morgan fingerprint density at radius 2 is 2.00 bits per heavy atom. The molecule has 1 rings (SSSR count). The van der Waals surface area contributed by atoms with Gasteiger partial charge in [0, 0.05) is 11.5 Å². The van der Waals surface area contributed by atoms with Gasteiger partial charge in [-0.05, 0) is 18.5 Å². The van der Waals surface area contributed by atoms with Gasteiger partial charge in [-0.3, -0.25) is 4.79 Å². The number of carbonyl (C=O) groups is 1. The van der Waals surface area contributed by atoms with Gasteiger partial charge in [-0.2, -0.15) is 0 Å². The Labute approximate surface area is 85.1 Å². The summed E-state index contributed by atoms with van der Waals surface area (Å²) in [6.45, 7) is 4.42. The number of hydrogen-bond donors (Lipinski definition) is 1. The summed E-state index contributed by atoms with van der Waals surface area (Å²) >= 11 is 0. The Morgan fingerprint density at radius 3 is 2.57 bits per heavy atom. The molecule has 0 aromatic heterocycles. The molecule has 0 spiro atoms. The zero-order valence-corrected chi connectivity index (χ0v) is 8.79. The van der Waals surface area contributed by atoms with Crippen LogP contribution in [0.15, 0.2) is 24.3 Å². The Hall–Kier alpha value is -1.15. The first-order valence-electron chi connectivity index (χ1n) is 4.99. The minimum atomic E-state index is 0.0499. The molecule has 0 saturated heterocycles. The summed E-state index contributed by atoms with van der Waals surface area (Å²) in [5.41, 5.74) is 7.38. The van der Waals surface area contributed by atoms with Crippen molar-refractivity contribution in [3.63, 3.8) is 0 Å². The van der Waals surface area contributed by atoms with E-state index in [1.54, 1.807) is 0 Å². The largest absolute Gasteiger partial charge is 0.330 e. The van der Waals surface area contributed by atoms with Gasteiger partial charge in [-0.15, -0.1) is 0 Å². The highest BCUT2D eigenvalue weighted by molar-refractivity contribution is 5.98. The number of carbonyl (C=O) groups excluding carboxylic acids is 1. The van der Waals surface area contributed by atoms with Crippen molar-refractivity contribution in [3.8, 4) is 0 Å². The molecule has 0 radical (unpaired) electrons. The predicted octanol–water partition coefficient (Wildman–Crippen LogP) is 2.03. The highest BCUT2D eigenvalue weighted by Gasteiger charge is 2.13. The van der Waals surface area contributed by atoms with Crippen molar-refractivity contribution in [3.05, 3.63) is 35.4 Å². The summed E-state index contributed by atoms with van der Waals surface area (Å²) < 4.78 is 0. The minimum absolute atomic E-state index is 0.0499. The lowest BCUT2D eigenvalue weighted by Gasteiger charge is -2.09. The normalized spacial score (nSPS) is 10.6. The molecule has 0 fully saturated rings. The first kappa shape index (κ1) is 10.9. The molecule has 1 aromatic carbocycles. The molecule has 0 aliphatic carbocycles. The van der Waals surface area contributed by atoms with Gasteiger partial charge in [0.15, 0.2) is 5.78 Å². The van der Waals surface area contributed by atoms with E-state index >= 15 is 0 Å². The second-order valence-corrected chi connectivity index (χ2v) is 3.71. The lowest BCUT2D eigenvalue weighted by molar-refractivity contribution is 0.0938. The standard InChI is InChI=1S/C12H17NO/c1-9(2)12(14)11-6-4-3-5-10(11)7-8-13/h3-6,9H,7-8,13H2,1-2H3. The van der Waals surface area contributed by atoms with E-state index in [9.17, 15) is 4.79 Å². The van der Waals surface area contributed by atoms with Crippen LogP contribution in [0.1, 0.15) is 29.8 Å². The second-order valence-electron chi connectivity index (χ2n) is 3.71. The molecule has 2 heteroatoms. The summed E-state index contributed by atoms with van der Waals surface area (Å²) in [5.74, 6) is 0.253. The third kappa shape index (κ3) is 2.42. The van der Waals surface area contributed by atoms with Crippen molar-refractivity contribution in [2.75, 3.05) is 6.54 Å². The predicted molar refractivity (Wildman–Crippen MR) is 58.4 cm³/mol. The molecule has 2 N–H and O–H groups in total. The molecule has 0 atom stereocenters. The van der Waals surface area contributed by atoms with Gasteiger partial charge >= 0.3 is 0 Å². The smallest absolute Gasteiger partial charge is 0.165 e. The van der Waals surface area contributed by atoms with E-state index < -0.39 is 0 Å². The van der Waals surface area contributed by atoms with Gasteiger partial charge < -0.3 is 5.73 Å². The Morgan fingerprint density at radius 1 is 1.36 bits per heavy atom. The van der Waals surface area contributed by atoms with E-state index in [2.05, 4.69) is 0 Å². The maximum atomic E-state index is 11.8. The highest BCUT2D eigenvalue weighted by atomic mass is 16.1. The molecular formula is C12H17NO. The number of nitrogens with two attached hydrogens (primary N) is 1. The third-order valence-corrected chi connectivity index (χ3v) is 2.22. The van der Waals surface area contributed by atoms with Gasteiger partial charge in [0.05, 0.1) is 0 Å². The van der Waals surface area contributed by atoms with E-state index in [0.29, 0.717) is 6.54 Å². The molecular weight excluding hydrogens is 174 g/mol. The molecule has 0 saturated carbocycles. The van der Waals surface area contributed by atoms with Crippen LogP contribution >= 0.6 is 0 Å². The molecule has 0 aliphatic heterocycles. The van der Waals surface area contributed by atoms with Crippen LogP contribution in [0.5, 0.6) is 0 Å². The van der Waals surface area contributed by atoms with Gasteiger partial charge in [-0.25, -0.2) is 0 Å².